The highest BCUT2D eigenvalue weighted by Crippen LogP contribution is 2.36. The minimum absolute atomic E-state index is 0.0643. The Kier molecular flexibility index (Phi) is 4.55. The molecular weight excluding hydrogens is 276 g/mol. The Morgan fingerprint density at radius 3 is 2.68 bits per heavy atom. The fourth-order valence-electron chi connectivity index (χ4n) is 4.09. The van der Waals surface area contributed by atoms with E-state index in [9.17, 15) is 4.79 Å². The highest BCUT2D eigenvalue weighted by Gasteiger charge is 2.37. The summed E-state index contributed by atoms with van der Waals surface area (Å²) in [6.45, 7) is 7.04. The van der Waals surface area contributed by atoms with Crippen LogP contribution in [0.2, 0.25) is 0 Å². The van der Waals surface area contributed by atoms with Gasteiger partial charge in [0, 0.05) is 19.0 Å². The van der Waals surface area contributed by atoms with E-state index in [0.717, 1.165) is 31.5 Å². The van der Waals surface area contributed by atoms with Gasteiger partial charge < -0.3 is 9.32 Å². The van der Waals surface area contributed by atoms with Crippen molar-refractivity contribution >= 4 is 5.91 Å². The second-order valence-electron chi connectivity index (χ2n) is 7.37. The molecule has 1 saturated heterocycles. The number of nitrogens with zero attached hydrogens (tertiary/aromatic N) is 2. The Morgan fingerprint density at radius 1 is 1.27 bits per heavy atom. The zero-order chi connectivity index (χ0) is 15.7. The van der Waals surface area contributed by atoms with Crippen LogP contribution in [0, 0.1) is 18.8 Å². The van der Waals surface area contributed by atoms with Gasteiger partial charge >= 0.3 is 0 Å². The molecule has 0 aromatic carbocycles. The predicted molar refractivity (Wildman–Crippen MR) is 85.8 cm³/mol. The largest absolute Gasteiger partial charge is 0.435 e. The average molecular weight is 304 g/mol. The van der Waals surface area contributed by atoms with E-state index >= 15 is 0 Å². The van der Waals surface area contributed by atoms with Gasteiger partial charge in [-0.3, -0.25) is 4.79 Å². The first-order valence-electron chi connectivity index (χ1n) is 8.83. The molecule has 4 nitrogen and oxygen atoms in total. The smallest absolute Gasteiger partial charge is 0.291 e. The van der Waals surface area contributed by atoms with Crippen LogP contribution in [0.5, 0.6) is 0 Å². The van der Waals surface area contributed by atoms with Gasteiger partial charge in [0.25, 0.3) is 5.91 Å². The first-order valence-corrected chi connectivity index (χ1v) is 8.83. The van der Waals surface area contributed by atoms with E-state index in [1.165, 1.54) is 25.7 Å². The molecule has 1 aromatic heterocycles. The SMILES string of the molecule is Cc1nc(CC(C)C)oc1C(=O)N1CCC[C@H]1C1CCCC1. The standard InChI is InChI=1S/C18H28N2O2/c1-12(2)11-16-19-13(3)17(22-16)18(21)20-10-6-9-15(20)14-7-4-5-8-14/h12,14-15H,4-11H2,1-3H3/t15-/m0/s1. The van der Waals surface area contributed by atoms with Crippen molar-refractivity contribution in [2.75, 3.05) is 6.54 Å². The monoisotopic (exact) mass is 304 g/mol. The molecule has 1 saturated carbocycles. The molecule has 2 fully saturated rings. The number of hydrogen-bond acceptors (Lipinski definition) is 3. The number of hydrogen-bond donors (Lipinski definition) is 0. The molecule has 2 aliphatic rings. The van der Waals surface area contributed by atoms with Gasteiger partial charge in [-0.05, 0) is 44.4 Å². The lowest BCUT2D eigenvalue weighted by Gasteiger charge is -2.28. The summed E-state index contributed by atoms with van der Waals surface area (Å²) in [7, 11) is 0. The third-order valence-corrected chi connectivity index (χ3v) is 5.12. The molecule has 122 valence electrons. The third kappa shape index (κ3) is 3.06. The van der Waals surface area contributed by atoms with Crippen LogP contribution < -0.4 is 0 Å². The Morgan fingerprint density at radius 2 is 2.00 bits per heavy atom. The van der Waals surface area contributed by atoms with Crippen molar-refractivity contribution < 1.29 is 9.21 Å². The molecule has 1 aromatic rings. The number of likely N-dealkylation sites (tertiary alicyclic amines) is 1. The minimum Gasteiger partial charge on any atom is -0.435 e. The Labute approximate surface area is 133 Å². The van der Waals surface area contributed by atoms with Crippen molar-refractivity contribution in [3.63, 3.8) is 0 Å². The van der Waals surface area contributed by atoms with E-state index in [2.05, 4.69) is 23.7 Å². The Balaban J connectivity index is 1.76. The maximum Gasteiger partial charge on any atom is 0.291 e. The topological polar surface area (TPSA) is 46.3 Å². The van der Waals surface area contributed by atoms with Crippen LogP contribution in [-0.4, -0.2) is 28.4 Å². The summed E-state index contributed by atoms with van der Waals surface area (Å²) >= 11 is 0. The molecule has 1 amide bonds. The summed E-state index contributed by atoms with van der Waals surface area (Å²) < 4.78 is 5.81. The number of amides is 1. The molecule has 0 spiro atoms. The van der Waals surface area contributed by atoms with Gasteiger partial charge in [0.05, 0.1) is 5.69 Å². The lowest BCUT2D eigenvalue weighted by Crippen LogP contribution is -2.39. The number of rotatable bonds is 4. The van der Waals surface area contributed by atoms with E-state index < -0.39 is 0 Å². The van der Waals surface area contributed by atoms with Crippen molar-refractivity contribution in [2.24, 2.45) is 11.8 Å². The molecule has 3 rings (SSSR count). The summed E-state index contributed by atoms with van der Waals surface area (Å²) in [6.07, 6.45) is 8.28. The van der Waals surface area contributed by atoms with Crippen LogP contribution >= 0.6 is 0 Å². The summed E-state index contributed by atoms with van der Waals surface area (Å²) in [5.41, 5.74) is 0.748. The first kappa shape index (κ1) is 15.6. The predicted octanol–water partition coefficient (Wildman–Crippen LogP) is 3.98. The molecule has 1 atom stereocenters. The molecule has 4 heteroatoms. The first-order chi connectivity index (χ1) is 10.6. The van der Waals surface area contributed by atoms with Crippen LogP contribution in [0.3, 0.4) is 0 Å². The third-order valence-electron chi connectivity index (χ3n) is 5.12. The van der Waals surface area contributed by atoms with E-state index in [1.807, 2.05) is 6.92 Å². The second kappa shape index (κ2) is 6.43. The van der Waals surface area contributed by atoms with Gasteiger partial charge in [0.15, 0.2) is 5.89 Å². The average Bonchev–Trinajstić information content (AvgIpc) is 3.16. The molecule has 1 aliphatic heterocycles. The van der Waals surface area contributed by atoms with Crippen molar-refractivity contribution in [1.82, 2.24) is 9.88 Å². The number of carbonyl (C=O) groups excluding carboxylic acids is 1. The van der Waals surface area contributed by atoms with Crippen LogP contribution in [0.4, 0.5) is 0 Å². The summed E-state index contributed by atoms with van der Waals surface area (Å²) in [4.78, 5) is 19.4. The van der Waals surface area contributed by atoms with Gasteiger partial charge in [0.1, 0.15) is 0 Å². The Bertz CT molecular complexity index is 529. The van der Waals surface area contributed by atoms with Crippen LogP contribution in [0.25, 0.3) is 0 Å². The van der Waals surface area contributed by atoms with Gasteiger partial charge in [-0.1, -0.05) is 26.7 Å². The van der Waals surface area contributed by atoms with E-state index in [0.29, 0.717) is 29.5 Å². The maximum absolute atomic E-state index is 12.9. The van der Waals surface area contributed by atoms with E-state index in [1.54, 1.807) is 0 Å². The van der Waals surface area contributed by atoms with Crippen LogP contribution in [0.15, 0.2) is 4.42 Å². The summed E-state index contributed by atoms with van der Waals surface area (Å²) in [6, 6.07) is 0.424. The van der Waals surface area contributed by atoms with Crippen molar-refractivity contribution in [3.05, 3.63) is 17.3 Å². The fourth-order valence-corrected chi connectivity index (χ4v) is 4.09. The number of aryl methyl sites for hydroxylation is 1. The zero-order valence-electron chi connectivity index (χ0n) is 14.1. The number of aromatic nitrogens is 1. The molecule has 0 bridgehead atoms. The van der Waals surface area contributed by atoms with Gasteiger partial charge in [-0.25, -0.2) is 4.98 Å². The quantitative estimate of drug-likeness (QED) is 0.845. The molecule has 0 radical (unpaired) electrons. The van der Waals surface area contributed by atoms with Gasteiger partial charge in [-0.15, -0.1) is 0 Å². The van der Waals surface area contributed by atoms with Gasteiger partial charge in [0.2, 0.25) is 5.76 Å². The number of oxazole rings is 1. The lowest BCUT2D eigenvalue weighted by molar-refractivity contribution is 0.0653. The van der Waals surface area contributed by atoms with E-state index in [-0.39, 0.29) is 5.91 Å². The summed E-state index contributed by atoms with van der Waals surface area (Å²) in [5.74, 6) is 2.42. The number of carbonyl (C=O) groups is 1. The van der Waals surface area contributed by atoms with Crippen molar-refractivity contribution in [2.45, 2.75) is 71.8 Å². The maximum atomic E-state index is 12.9. The molecule has 0 N–H and O–H groups in total. The Hall–Kier alpha value is -1.32. The minimum atomic E-state index is 0.0643. The fraction of sp³-hybridized carbons (Fsp3) is 0.778. The van der Waals surface area contributed by atoms with Crippen LogP contribution in [-0.2, 0) is 6.42 Å². The molecule has 0 unspecified atom stereocenters. The van der Waals surface area contributed by atoms with Gasteiger partial charge in [-0.2, -0.15) is 0 Å². The highest BCUT2D eigenvalue weighted by atomic mass is 16.4. The molecular formula is C18H28N2O2. The lowest BCUT2D eigenvalue weighted by atomic mass is 9.96. The zero-order valence-corrected chi connectivity index (χ0v) is 14.1. The molecule has 22 heavy (non-hydrogen) atoms. The normalized spacial score (nSPS) is 22.9. The van der Waals surface area contributed by atoms with Crippen LogP contribution in [0.1, 0.15) is 74.5 Å². The van der Waals surface area contributed by atoms with Crippen molar-refractivity contribution in [1.29, 1.82) is 0 Å². The molecule has 1 aliphatic carbocycles. The highest BCUT2D eigenvalue weighted by molar-refractivity contribution is 5.92. The second-order valence-corrected chi connectivity index (χ2v) is 7.37. The van der Waals surface area contributed by atoms with E-state index in [4.69, 9.17) is 4.42 Å². The molecule has 2 heterocycles. The van der Waals surface area contributed by atoms with Crippen molar-refractivity contribution in [3.8, 4) is 0 Å². The summed E-state index contributed by atoms with van der Waals surface area (Å²) in [5, 5.41) is 0.